The normalized spacial score (nSPS) is 25.2. The molecule has 1 fully saturated rings. The fourth-order valence-electron chi connectivity index (χ4n) is 5.35. The number of aliphatic hydroxyl groups is 1. The van der Waals surface area contributed by atoms with Crippen LogP contribution in [0.3, 0.4) is 0 Å². The van der Waals surface area contributed by atoms with Crippen molar-refractivity contribution in [1.29, 1.82) is 0 Å². The Kier molecular flexibility index (Phi) is 5.07. The minimum Gasteiger partial charge on any atom is -0.394 e. The van der Waals surface area contributed by atoms with Crippen molar-refractivity contribution >= 4 is 17.2 Å². The summed E-state index contributed by atoms with van der Waals surface area (Å²) in [7, 11) is 0. The second-order valence-corrected chi connectivity index (χ2v) is 8.61. The summed E-state index contributed by atoms with van der Waals surface area (Å²) in [6, 6.07) is 12.1. The van der Waals surface area contributed by atoms with Gasteiger partial charge in [0.25, 0.3) is 5.91 Å². The molecule has 0 bridgehead atoms. The highest BCUT2D eigenvalue weighted by molar-refractivity contribution is 5.95. The zero-order valence-corrected chi connectivity index (χ0v) is 17.0. The molecule has 1 amide bonds. The van der Waals surface area contributed by atoms with Crippen LogP contribution in [0.1, 0.15) is 59.6 Å². The minimum atomic E-state index is -0.344. The second-order valence-electron chi connectivity index (χ2n) is 8.61. The van der Waals surface area contributed by atoms with Gasteiger partial charge in [0.15, 0.2) is 0 Å². The largest absolute Gasteiger partial charge is 0.394 e. The fourth-order valence-corrected chi connectivity index (χ4v) is 5.35. The molecule has 2 heterocycles. The third-order valence-corrected chi connectivity index (χ3v) is 6.88. The number of amides is 1. The number of hydrogen-bond acceptors (Lipinski definition) is 3. The third-order valence-electron chi connectivity index (χ3n) is 6.88. The number of benzene rings is 2. The van der Waals surface area contributed by atoms with Crippen molar-refractivity contribution in [2.24, 2.45) is 5.92 Å². The molecule has 0 unspecified atom stereocenters. The molecule has 2 aromatic rings. The van der Waals surface area contributed by atoms with E-state index in [1.165, 1.54) is 36.1 Å². The highest BCUT2D eigenvalue weighted by Crippen LogP contribution is 2.47. The molecule has 0 aromatic heterocycles. The van der Waals surface area contributed by atoms with Gasteiger partial charge in [-0.3, -0.25) is 4.79 Å². The maximum Gasteiger partial charge on any atom is 0.254 e. The van der Waals surface area contributed by atoms with Gasteiger partial charge in [-0.25, -0.2) is 4.39 Å². The van der Waals surface area contributed by atoms with E-state index in [0.717, 1.165) is 30.5 Å². The number of fused-ring (bicyclic) bond motifs is 3. The molecular formula is C25H27FN2O2. The molecule has 1 saturated heterocycles. The number of nitrogens with zero attached hydrogens (tertiary/aromatic N) is 1. The summed E-state index contributed by atoms with van der Waals surface area (Å²) < 4.78 is 13.3. The van der Waals surface area contributed by atoms with Crippen LogP contribution in [0, 0.1) is 11.7 Å². The van der Waals surface area contributed by atoms with Crippen LogP contribution in [-0.4, -0.2) is 35.1 Å². The number of allylic oxidation sites excluding steroid dienone is 2. The highest BCUT2D eigenvalue weighted by Gasteiger charge is 2.45. The summed E-state index contributed by atoms with van der Waals surface area (Å²) >= 11 is 0. The maximum absolute atomic E-state index is 13.3. The predicted octanol–water partition coefficient (Wildman–Crippen LogP) is 4.77. The van der Waals surface area contributed by atoms with E-state index in [1.54, 1.807) is 12.1 Å². The lowest BCUT2D eigenvalue weighted by Gasteiger charge is -2.39. The van der Waals surface area contributed by atoms with Crippen LogP contribution in [0.25, 0.3) is 5.57 Å². The SMILES string of the molecule is O=C(c1ccc(F)cc1)N1CC[C@@H]2[C@@H](CO)Nc3ccc(C4=CCCCC4)cc3[C@@H]21. The molecule has 30 heavy (non-hydrogen) atoms. The second kappa shape index (κ2) is 7.88. The standard InChI is InChI=1S/C25H27FN2O2/c26-19-9-6-17(7-10-19)25(30)28-13-12-20-23(15-29)27-22-11-8-18(14-21(22)24(20)28)16-4-2-1-3-5-16/h4,6-11,14,20,23-24,27,29H,1-3,5,12-13,15H2/t20-,23-,24-/m1/s1. The van der Waals surface area contributed by atoms with Crippen molar-refractivity contribution in [3.8, 4) is 0 Å². The Hall–Kier alpha value is -2.66. The van der Waals surface area contributed by atoms with Gasteiger partial charge in [0.2, 0.25) is 0 Å². The van der Waals surface area contributed by atoms with Crippen LogP contribution in [0.4, 0.5) is 10.1 Å². The molecule has 3 atom stereocenters. The first-order valence-electron chi connectivity index (χ1n) is 10.9. The van der Waals surface area contributed by atoms with E-state index in [2.05, 4.69) is 29.6 Å². The number of aliphatic hydroxyl groups excluding tert-OH is 1. The maximum atomic E-state index is 13.3. The molecule has 2 aliphatic heterocycles. The smallest absolute Gasteiger partial charge is 0.254 e. The van der Waals surface area contributed by atoms with Crippen molar-refractivity contribution in [3.05, 3.63) is 71.0 Å². The summed E-state index contributed by atoms with van der Waals surface area (Å²) in [6.45, 7) is 0.669. The van der Waals surface area contributed by atoms with Crippen molar-refractivity contribution in [2.45, 2.75) is 44.2 Å². The van der Waals surface area contributed by atoms with E-state index >= 15 is 0 Å². The van der Waals surface area contributed by atoms with Gasteiger partial charge in [0, 0.05) is 23.7 Å². The number of anilines is 1. The van der Waals surface area contributed by atoms with Crippen LogP contribution in [0.5, 0.6) is 0 Å². The van der Waals surface area contributed by atoms with E-state index in [1.807, 2.05) is 4.90 Å². The number of hydrogen-bond donors (Lipinski definition) is 2. The Balaban J connectivity index is 1.54. The zero-order chi connectivity index (χ0) is 20.7. The number of likely N-dealkylation sites (tertiary alicyclic amines) is 1. The molecule has 0 saturated carbocycles. The zero-order valence-electron chi connectivity index (χ0n) is 17.0. The van der Waals surface area contributed by atoms with Crippen LogP contribution in [-0.2, 0) is 0 Å². The first kappa shape index (κ1) is 19.3. The molecule has 2 aromatic carbocycles. The number of nitrogens with one attached hydrogen (secondary N) is 1. The molecule has 0 radical (unpaired) electrons. The van der Waals surface area contributed by atoms with Gasteiger partial charge >= 0.3 is 0 Å². The van der Waals surface area contributed by atoms with Crippen molar-refractivity contribution < 1.29 is 14.3 Å². The van der Waals surface area contributed by atoms with Crippen molar-refractivity contribution in [2.75, 3.05) is 18.5 Å². The van der Waals surface area contributed by atoms with Crippen LogP contribution in [0.15, 0.2) is 48.5 Å². The van der Waals surface area contributed by atoms with Crippen LogP contribution >= 0.6 is 0 Å². The van der Waals surface area contributed by atoms with E-state index in [-0.39, 0.29) is 36.3 Å². The van der Waals surface area contributed by atoms with Gasteiger partial charge in [0.05, 0.1) is 18.7 Å². The third kappa shape index (κ3) is 3.31. The molecule has 2 N–H and O–H groups in total. The van der Waals surface area contributed by atoms with Gasteiger partial charge in [-0.05, 0) is 85.2 Å². The molecular weight excluding hydrogens is 379 g/mol. The molecule has 3 aliphatic rings. The Bertz CT molecular complexity index is 985. The molecule has 0 spiro atoms. The molecule has 5 rings (SSSR count). The van der Waals surface area contributed by atoms with E-state index in [0.29, 0.717) is 12.1 Å². The average molecular weight is 407 g/mol. The van der Waals surface area contributed by atoms with Crippen molar-refractivity contribution in [1.82, 2.24) is 4.90 Å². The number of halogens is 1. The van der Waals surface area contributed by atoms with Gasteiger partial charge in [-0.2, -0.15) is 0 Å². The minimum absolute atomic E-state index is 0.0338. The van der Waals surface area contributed by atoms with Gasteiger partial charge in [-0.1, -0.05) is 12.1 Å². The quantitative estimate of drug-likeness (QED) is 0.772. The Morgan fingerprint density at radius 1 is 1.17 bits per heavy atom. The summed E-state index contributed by atoms with van der Waals surface area (Å²) in [5, 5.41) is 13.5. The van der Waals surface area contributed by atoms with Crippen LogP contribution in [0.2, 0.25) is 0 Å². The Labute approximate surface area is 176 Å². The number of rotatable bonds is 3. The van der Waals surface area contributed by atoms with Gasteiger partial charge < -0.3 is 15.3 Å². The summed E-state index contributed by atoms with van der Waals surface area (Å²) in [5.41, 5.74) is 5.25. The molecule has 1 aliphatic carbocycles. The van der Waals surface area contributed by atoms with Crippen LogP contribution < -0.4 is 5.32 Å². The van der Waals surface area contributed by atoms with Gasteiger partial charge in [0.1, 0.15) is 5.82 Å². The lowest BCUT2D eigenvalue weighted by atomic mass is 9.81. The predicted molar refractivity (Wildman–Crippen MR) is 116 cm³/mol. The number of carbonyl (C=O) groups is 1. The lowest BCUT2D eigenvalue weighted by molar-refractivity contribution is 0.0701. The van der Waals surface area contributed by atoms with E-state index in [4.69, 9.17) is 0 Å². The molecule has 156 valence electrons. The Morgan fingerprint density at radius 3 is 2.73 bits per heavy atom. The average Bonchev–Trinajstić information content (AvgIpc) is 3.24. The topological polar surface area (TPSA) is 52.6 Å². The van der Waals surface area contributed by atoms with E-state index < -0.39 is 0 Å². The van der Waals surface area contributed by atoms with E-state index in [9.17, 15) is 14.3 Å². The summed E-state index contributed by atoms with van der Waals surface area (Å²) in [5.74, 6) is -0.263. The van der Waals surface area contributed by atoms with Gasteiger partial charge in [-0.15, -0.1) is 0 Å². The first-order valence-corrected chi connectivity index (χ1v) is 10.9. The molecule has 5 heteroatoms. The lowest BCUT2D eigenvalue weighted by Crippen LogP contribution is -2.42. The summed E-state index contributed by atoms with van der Waals surface area (Å²) in [4.78, 5) is 15.2. The summed E-state index contributed by atoms with van der Waals surface area (Å²) in [6.07, 6.45) is 7.86. The fraction of sp³-hybridized carbons (Fsp3) is 0.400. The monoisotopic (exact) mass is 406 g/mol. The Morgan fingerprint density at radius 2 is 2.00 bits per heavy atom. The highest BCUT2D eigenvalue weighted by atomic mass is 19.1. The first-order chi connectivity index (χ1) is 14.7. The number of carbonyl (C=O) groups excluding carboxylic acids is 1. The van der Waals surface area contributed by atoms with Crippen molar-refractivity contribution in [3.63, 3.8) is 0 Å². The molecule has 4 nitrogen and oxygen atoms in total.